The van der Waals surface area contributed by atoms with E-state index < -0.39 is 10.7 Å². The Kier molecular flexibility index (Phi) is 3.39. The molecular formula is C13H7FN2O3. The average Bonchev–Trinajstić information content (AvgIpc) is 2.39. The van der Waals surface area contributed by atoms with Crippen LogP contribution >= 0.6 is 0 Å². The second-order valence-electron chi connectivity index (χ2n) is 3.61. The number of nitro benzene ring substituents is 1. The van der Waals surface area contributed by atoms with Crippen LogP contribution in [0.15, 0.2) is 42.5 Å². The van der Waals surface area contributed by atoms with Gasteiger partial charge < -0.3 is 4.74 Å². The van der Waals surface area contributed by atoms with Crippen molar-refractivity contribution < 1.29 is 14.1 Å². The maximum absolute atomic E-state index is 13.3. The van der Waals surface area contributed by atoms with E-state index in [1.54, 1.807) is 6.07 Å². The van der Waals surface area contributed by atoms with Crippen LogP contribution in [0.1, 0.15) is 5.56 Å². The Morgan fingerprint density at radius 3 is 2.32 bits per heavy atom. The van der Waals surface area contributed by atoms with Crippen molar-refractivity contribution in [1.82, 2.24) is 0 Å². The molecule has 2 aromatic rings. The second kappa shape index (κ2) is 5.14. The van der Waals surface area contributed by atoms with Gasteiger partial charge in [-0.3, -0.25) is 10.1 Å². The maximum atomic E-state index is 13.3. The Bertz CT molecular complexity index is 663. The van der Waals surface area contributed by atoms with E-state index in [2.05, 4.69) is 0 Å². The number of hydrogen-bond acceptors (Lipinski definition) is 4. The Labute approximate surface area is 107 Å². The summed E-state index contributed by atoms with van der Waals surface area (Å²) in [5.74, 6) is -0.123. The van der Waals surface area contributed by atoms with Crippen LogP contribution in [-0.2, 0) is 0 Å². The molecule has 0 spiro atoms. The normalized spacial score (nSPS) is 9.68. The molecule has 0 atom stereocenters. The SMILES string of the molecule is N#Cc1ccc(Oc2ccc([N+](=O)[O-])cc2)cc1F. The number of halogens is 1. The fraction of sp³-hybridized carbons (Fsp3) is 0. The molecule has 0 unspecified atom stereocenters. The van der Waals surface area contributed by atoms with Crippen LogP contribution < -0.4 is 4.74 Å². The summed E-state index contributed by atoms with van der Waals surface area (Å²) in [6, 6.07) is 10.9. The minimum Gasteiger partial charge on any atom is -0.457 e. The van der Waals surface area contributed by atoms with Gasteiger partial charge in [-0.1, -0.05) is 0 Å². The molecule has 19 heavy (non-hydrogen) atoms. The van der Waals surface area contributed by atoms with Crippen molar-refractivity contribution >= 4 is 5.69 Å². The molecule has 0 aliphatic heterocycles. The van der Waals surface area contributed by atoms with E-state index in [-0.39, 0.29) is 17.0 Å². The summed E-state index contributed by atoms with van der Waals surface area (Å²) in [4.78, 5) is 9.95. The van der Waals surface area contributed by atoms with Crippen LogP contribution in [0.3, 0.4) is 0 Å². The monoisotopic (exact) mass is 258 g/mol. The summed E-state index contributed by atoms with van der Waals surface area (Å²) in [6.45, 7) is 0. The number of benzene rings is 2. The van der Waals surface area contributed by atoms with Crippen LogP contribution in [0.25, 0.3) is 0 Å². The number of non-ortho nitro benzene ring substituents is 1. The fourth-order valence-corrected chi connectivity index (χ4v) is 1.42. The highest BCUT2D eigenvalue weighted by Gasteiger charge is 2.07. The van der Waals surface area contributed by atoms with Gasteiger partial charge in [-0.2, -0.15) is 5.26 Å². The zero-order valence-corrected chi connectivity index (χ0v) is 9.54. The quantitative estimate of drug-likeness (QED) is 0.624. The van der Waals surface area contributed by atoms with Gasteiger partial charge in [0.15, 0.2) is 0 Å². The van der Waals surface area contributed by atoms with Gasteiger partial charge >= 0.3 is 0 Å². The van der Waals surface area contributed by atoms with E-state index in [0.717, 1.165) is 6.07 Å². The van der Waals surface area contributed by atoms with Crippen molar-refractivity contribution in [3.63, 3.8) is 0 Å². The van der Waals surface area contributed by atoms with Crippen molar-refractivity contribution in [2.45, 2.75) is 0 Å². The smallest absolute Gasteiger partial charge is 0.269 e. The largest absolute Gasteiger partial charge is 0.457 e. The molecule has 0 bridgehead atoms. The first-order valence-electron chi connectivity index (χ1n) is 5.22. The molecule has 94 valence electrons. The Hall–Kier alpha value is -2.94. The van der Waals surface area contributed by atoms with Gasteiger partial charge in [-0.25, -0.2) is 4.39 Å². The number of rotatable bonds is 3. The zero-order valence-electron chi connectivity index (χ0n) is 9.54. The van der Waals surface area contributed by atoms with Crippen molar-refractivity contribution in [2.24, 2.45) is 0 Å². The van der Waals surface area contributed by atoms with Gasteiger partial charge in [0.05, 0.1) is 10.5 Å². The van der Waals surface area contributed by atoms with Gasteiger partial charge in [0, 0.05) is 18.2 Å². The van der Waals surface area contributed by atoms with E-state index >= 15 is 0 Å². The van der Waals surface area contributed by atoms with E-state index in [1.165, 1.54) is 36.4 Å². The summed E-state index contributed by atoms with van der Waals surface area (Å²) in [5, 5.41) is 19.1. The number of nitro groups is 1. The van der Waals surface area contributed by atoms with Crippen LogP contribution in [0.2, 0.25) is 0 Å². The molecule has 5 nitrogen and oxygen atoms in total. The lowest BCUT2D eigenvalue weighted by molar-refractivity contribution is -0.384. The molecule has 2 rings (SSSR count). The van der Waals surface area contributed by atoms with Crippen LogP contribution in [0, 0.1) is 27.3 Å². The lowest BCUT2D eigenvalue weighted by Gasteiger charge is -2.05. The molecule has 0 saturated carbocycles. The molecule has 2 aromatic carbocycles. The van der Waals surface area contributed by atoms with Crippen molar-refractivity contribution in [3.8, 4) is 17.6 Å². The first-order chi connectivity index (χ1) is 9.10. The van der Waals surface area contributed by atoms with Gasteiger partial charge in [0.1, 0.15) is 23.4 Å². The Morgan fingerprint density at radius 2 is 1.79 bits per heavy atom. The van der Waals surface area contributed by atoms with Crippen LogP contribution in [-0.4, -0.2) is 4.92 Å². The lowest BCUT2D eigenvalue weighted by atomic mass is 10.2. The summed E-state index contributed by atoms with van der Waals surface area (Å²) in [5.41, 5.74) is -0.130. The maximum Gasteiger partial charge on any atom is 0.269 e. The van der Waals surface area contributed by atoms with Crippen LogP contribution in [0.5, 0.6) is 11.5 Å². The third-order valence-corrected chi connectivity index (χ3v) is 2.34. The van der Waals surface area contributed by atoms with Gasteiger partial charge in [0.25, 0.3) is 5.69 Å². The second-order valence-corrected chi connectivity index (χ2v) is 3.61. The van der Waals surface area contributed by atoms with Crippen molar-refractivity contribution in [3.05, 3.63) is 64.0 Å². The first-order valence-corrected chi connectivity index (χ1v) is 5.22. The molecular weight excluding hydrogens is 251 g/mol. The van der Waals surface area contributed by atoms with Crippen molar-refractivity contribution in [1.29, 1.82) is 5.26 Å². The fourth-order valence-electron chi connectivity index (χ4n) is 1.42. The molecule has 0 saturated heterocycles. The van der Waals surface area contributed by atoms with E-state index in [0.29, 0.717) is 5.75 Å². The van der Waals surface area contributed by atoms with Crippen LogP contribution in [0.4, 0.5) is 10.1 Å². The minimum atomic E-state index is -0.679. The highest BCUT2D eigenvalue weighted by molar-refractivity contribution is 5.41. The summed E-state index contributed by atoms with van der Waals surface area (Å²) in [7, 11) is 0. The third-order valence-electron chi connectivity index (χ3n) is 2.34. The Morgan fingerprint density at radius 1 is 1.16 bits per heavy atom. The standard InChI is InChI=1S/C13H7FN2O3/c14-13-7-12(4-1-9(13)8-15)19-11-5-2-10(3-6-11)16(17)18/h1-7H. The molecule has 0 aliphatic rings. The summed E-state index contributed by atoms with van der Waals surface area (Å²) < 4.78 is 18.7. The number of nitrogens with zero attached hydrogens (tertiary/aromatic N) is 2. The van der Waals surface area contributed by atoms with Gasteiger partial charge in [0.2, 0.25) is 0 Å². The highest BCUT2D eigenvalue weighted by atomic mass is 19.1. The molecule has 0 aliphatic carbocycles. The molecule has 0 fully saturated rings. The van der Waals surface area contributed by atoms with Gasteiger partial charge in [-0.15, -0.1) is 0 Å². The van der Waals surface area contributed by atoms with Gasteiger partial charge in [-0.05, 0) is 24.3 Å². The van der Waals surface area contributed by atoms with E-state index in [1.807, 2.05) is 0 Å². The number of hydrogen-bond donors (Lipinski definition) is 0. The molecule has 0 radical (unpaired) electrons. The molecule has 0 amide bonds. The molecule has 0 heterocycles. The summed E-state index contributed by atoms with van der Waals surface area (Å²) in [6.07, 6.45) is 0. The Balaban J connectivity index is 2.19. The predicted molar refractivity (Wildman–Crippen MR) is 64.3 cm³/mol. The first kappa shape index (κ1) is 12.5. The molecule has 0 aromatic heterocycles. The number of ether oxygens (including phenoxy) is 1. The average molecular weight is 258 g/mol. The zero-order chi connectivity index (χ0) is 13.8. The molecule has 0 N–H and O–H groups in total. The van der Waals surface area contributed by atoms with E-state index in [9.17, 15) is 14.5 Å². The lowest BCUT2D eigenvalue weighted by Crippen LogP contribution is -1.90. The third kappa shape index (κ3) is 2.84. The molecule has 6 heteroatoms. The van der Waals surface area contributed by atoms with E-state index in [4.69, 9.17) is 10.00 Å². The predicted octanol–water partition coefficient (Wildman–Crippen LogP) is 3.40. The van der Waals surface area contributed by atoms with Crippen molar-refractivity contribution in [2.75, 3.05) is 0 Å². The topological polar surface area (TPSA) is 76.2 Å². The summed E-state index contributed by atoms with van der Waals surface area (Å²) >= 11 is 0. The number of nitriles is 1. The minimum absolute atomic E-state index is 0.0571. The highest BCUT2D eigenvalue weighted by Crippen LogP contribution is 2.25.